The molecule has 0 saturated heterocycles. The molecule has 6 heteroatoms. The number of fused-ring (bicyclic) bond motifs is 1. The molecule has 2 N–H and O–H groups in total. The van der Waals surface area contributed by atoms with Gasteiger partial charge < -0.3 is 15.4 Å². The Kier molecular flexibility index (Phi) is 8.15. The summed E-state index contributed by atoms with van der Waals surface area (Å²) in [6.07, 6.45) is 5.59. The van der Waals surface area contributed by atoms with Gasteiger partial charge in [-0.3, -0.25) is 9.98 Å². The van der Waals surface area contributed by atoms with Gasteiger partial charge in [-0.1, -0.05) is 18.2 Å². The number of pyridine rings is 1. The Bertz CT molecular complexity index is 735. The van der Waals surface area contributed by atoms with E-state index in [-0.39, 0.29) is 30.0 Å². The number of aryl methyl sites for hydroxylation is 1. The molecule has 0 fully saturated rings. The predicted octanol–water partition coefficient (Wildman–Crippen LogP) is 3.63. The zero-order chi connectivity index (χ0) is 17.5. The van der Waals surface area contributed by atoms with E-state index in [9.17, 15) is 0 Å². The summed E-state index contributed by atoms with van der Waals surface area (Å²) >= 11 is 0. The Labute approximate surface area is 172 Å². The summed E-state index contributed by atoms with van der Waals surface area (Å²) in [5.74, 6) is 1.82. The number of guanidine groups is 1. The fourth-order valence-electron chi connectivity index (χ4n) is 3.05. The minimum Gasteiger partial charge on any atom is -0.493 e. The van der Waals surface area contributed by atoms with Gasteiger partial charge in [0.15, 0.2) is 5.96 Å². The van der Waals surface area contributed by atoms with Gasteiger partial charge in [0.05, 0.1) is 12.6 Å². The summed E-state index contributed by atoms with van der Waals surface area (Å²) in [6.45, 7) is 6.48. The Balaban J connectivity index is 0.00000243. The predicted molar refractivity (Wildman–Crippen MR) is 117 cm³/mol. The molecule has 0 radical (unpaired) electrons. The molecule has 1 aromatic heterocycles. The number of ether oxygens (including phenoxy) is 1. The van der Waals surface area contributed by atoms with Gasteiger partial charge in [0.2, 0.25) is 0 Å². The smallest absolute Gasteiger partial charge is 0.191 e. The Morgan fingerprint density at radius 3 is 2.96 bits per heavy atom. The molecule has 5 nitrogen and oxygen atoms in total. The van der Waals surface area contributed by atoms with Crippen LogP contribution in [0.15, 0.2) is 47.7 Å². The number of rotatable bonds is 5. The van der Waals surface area contributed by atoms with Crippen LogP contribution >= 0.6 is 24.0 Å². The van der Waals surface area contributed by atoms with Gasteiger partial charge in [0.25, 0.3) is 0 Å². The number of nitrogens with zero attached hydrogens (tertiary/aromatic N) is 2. The maximum absolute atomic E-state index is 5.74. The quantitative estimate of drug-likeness (QED) is 0.402. The van der Waals surface area contributed by atoms with E-state index in [1.807, 2.05) is 24.5 Å². The average molecular weight is 466 g/mol. The van der Waals surface area contributed by atoms with Crippen molar-refractivity contribution >= 4 is 29.9 Å². The number of aromatic nitrogens is 1. The van der Waals surface area contributed by atoms with Gasteiger partial charge in [-0.25, -0.2) is 0 Å². The third-order valence-electron chi connectivity index (χ3n) is 4.40. The second-order valence-electron chi connectivity index (χ2n) is 6.18. The summed E-state index contributed by atoms with van der Waals surface area (Å²) in [4.78, 5) is 8.89. The maximum atomic E-state index is 5.74. The first-order valence-electron chi connectivity index (χ1n) is 8.94. The first-order chi connectivity index (χ1) is 12.3. The second kappa shape index (κ2) is 10.4. The standard InChI is InChI=1S/C20H26N4O.HI/c1-3-22-20(23-12-9-16-8-11-21-14-15(16)2)24-18-10-13-25-19-7-5-4-6-17(18)19;/h4-8,11,14,18H,3,9-10,12-13H2,1-2H3,(H2,22,23,24);1H. The zero-order valence-electron chi connectivity index (χ0n) is 15.4. The van der Waals surface area contributed by atoms with E-state index in [1.54, 1.807) is 0 Å². The maximum Gasteiger partial charge on any atom is 0.191 e. The molecule has 1 aliphatic rings. The van der Waals surface area contributed by atoms with E-state index < -0.39 is 0 Å². The van der Waals surface area contributed by atoms with Gasteiger partial charge in [-0.2, -0.15) is 0 Å². The highest BCUT2D eigenvalue weighted by Crippen LogP contribution is 2.31. The van der Waals surface area contributed by atoms with Crippen LogP contribution in [-0.4, -0.2) is 30.6 Å². The molecule has 1 atom stereocenters. The normalized spacial score (nSPS) is 16.1. The fourth-order valence-corrected chi connectivity index (χ4v) is 3.05. The lowest BCUT2D eigenvalue weighted by molar-refractivity contribution is 0.261. The number of aliphatic imine (C=N–C) groups is 1. The highest BCUT2D eigenvalue weighted by atomic mass is 127. The van der Waals surface area contributed by atoms with Crippen LogP contribution in [0.4, 0.5) is 0 Å². The SMILES string of the molecule is CCNC(=NCCc1ccncc1C)NC1CCOc2ccccc21.I. The monoisotopic (exact) mass is 466 g/mol. The lowest BCUT2D eigenvalue weighted by Crippen LogP contribution is -2.41. The van der Waals surface area contributed by atoms with Crippen molar-refractivity contribution in [1.82, 2.24) is 15.6 Å². The summed E-state index contributed by atoms with van der Waals surface area (Å²) < 4.78 is 5.74. The first kappa shape index (κ1) is 20.5. The van der Waals surface area contributed by atoms with Crippen LogP contribution in [0.5, 0.6) is 5.75 Å². The topological polar surface area (TPSA) is 58.5 Å². The third kappa shape index (κ3) is 5.33. The number of hydrogen-bond acceptors (Lipinski definition) is 3. The molecule has 140 valence electrons. The van der Waals surface area contributed by atoms with Crippen molar-refractivity contribution in [2.24, 2.45) is 4.99 Å². The molecule has 0 amide bonds. The van der Waals surface area contributed by atoms with Crippen LogP contribution < -0.4 is 15.4 Å². The van der Waals surface area contributed by atoms with Crippen molar-refractivity contribution in [3.05, 3.63) is 59.4 Å². The molecule has 26 heavy (non-hydrogen) atoms. The highest BCUT2D eigenvalue weighted by Gasteiger charge is 2.21. The number of hydrogen-bond donors (Lipinski definition) is 2. The van der Waals surface area contributed by atoms with Gasteiger partial charge in [0, 0.05) is 37.5 Å². The lowest BCUT2D eigenvalue weighted by atomic mass is 10.0. The summed E-state index contributed by atoms with van der Waals surface area (Å²) in [6, 6.07) is 10.5. The summed E-state index contributed by atoms with van der Waals surface area (Å²) in [5, 5.41) is 6.91. The van der Waals surface area contributed by atoms with E-state index in [0.29, 0.717) is 0 Å². The molecule has 0 saturated carbocycles. The van der Waals surface area contributed by atoms with Crippen molar-refractivity contribution in [1.29, 1.82) is 0 Å². The molecular formula is C20H27IN4O. The summed E-state index contributed by atoms with van der Waals surface area (Å²) in [7, 11) is 0. The van der Waals surface area contributed by atoms with Crippen molar-refractivity contribution in [2.75, 3.05) is 19.7 Å². The van der Waals surface area contributed by atoms with E-state index in [0.717, 1.165) is 44.2 Å². The molecule has 0 bridgehead atoms. The third-order valence-corrected chi connectivity index (χ3v) is 4.40. The molecule has 2 heterocycles. The minimum absolute atomic E-state index is 0. The van der Waals surface area contributed by atoms with E-state index in [2.05, 4.69) is 47.7 Å². The van der Waals surface area contributed by atoms with Gasteiger partial charge in [-0.15, -0.1) is 24.0 Å². The molecule has 0 aliphatic carbocycles. The number of para-hydroxylation sites is 1. The number of benzene rings is 1. The van der Waals surface area contributed by atoms with Gasteiger partial charge in [-0.05, 0) is 43.5 Å². The molecule has 3 rings (SSSR count). The largest absolute Gasteiger partial charge is 0.493 e. The minimum atomic E-state index is 0. The van der Waals surface area contributed by atoms with Crippen LogP contribution in [0, 0.1) is 6.92 Å². The van der Waals surface area contributed by atoms with Crippen LogP contribution in [-0.2, 0) is 6.42 Å². The van der Waals surface area contributed by atoms with Crippen LogP contribution in [0.25, 0.3) is 0 Å². The Morgan fingerprint density at radius 1 is 1.31 bits per heavy atom. The number of nitrogens with one attached hydrogen (secondary N) is 2. The van der Waals surface area contributed by atoms with E-state index >= 15 is 0 Å². The zero-order valence-corrected chi connectivity index (χ0v) is 17.7. The first-order valence-corrected chi connectivity index (χ1v) is 8.94. The van der Waals surface area contributed by atoms with Gasteiger partial charge >= 0.3 is 0 Å². The van der Waals surface area contributed by atoms with Crippen LogP contribution in [0.2, 0.25) is 0 Å². The van der Waals surface area contributed by atoms with E-state index in [1.165, 1.54) is 16.7 Å². The Morgan fingerprint density at radius 2 is 2.15 bits per heavy atom. The fraction of sp³-hybridized carbons (Fsp3) is 0.400. The number of halogens is 1. The summed E-state index contributed by atoms with van der Waals surface area (Å²) in [5.41, 5.74) is 3.71. The molecule has 1 unspecified atom stereocenters. The van der Waals surface area contributed by atoms with Crippen molar-refractivity contribution in [2.45, 2.75) is 32.7 Å². The van der Waals surface area contributed by atoms with Crippen molar-refractivity contribution < 1.29 is 4.74 Å². The van der Waals surface area contributed by atoms with Gasteiger partial charge in [0.1, 0.15) is 5.75 Å². The second-order valence-corrected chi connectivity index (χ2v) is 6.18. The molecule has 2 aromatic rings. The average Bonchev–Trinajstić information content (AvgIpc) is 2.64. The molecule has 1 aliphatic heterocycles. The molecule has 0 spiro atoms. The lowest BCUT2D eigenvalue weighted by Gasteiger charge is -2.28. The van der Waals surface area contributed by atoms with Crippen molar-refractivity contribution in [3.8, 4) is 5.75 Å². The molecule has 1 aromatic carbocycles. The van der Waals surface area contributed by atoms with E-state index in [4.69, 9.17) is 9.73 Å². The van der Waals surface area contributed by atoms with Crippen LogP contribution in [0.3, 0.4) is 0 Å². The highest BCUT2D eigenvalue weighted by molar-refractivity contribution is 14.0. The molecular weight excluding hydrogens is 439 g/mol. The Hall–Kier alpha value is -1.83. The van der Waals surface area contributed by atoms with Crippen LogP contribution in [0.1, 0.15) is 36.1 Å². The van der Waals surface area contributed by atoms with Crippen molar-refractivity contribution in [3.63, 3.8) is 0 Å².